The molecule has 0 bridgehead atoms. The summed E-state index contributed by atoms with van der Waals surface area (Å²) in [6.07, 6.45) is 1.82. The summed E-state index contributed by atoms with van der Waals surface area (Å²) >= 11 is 0. The Labute approximate surface area is 73.0 Å². The lowest BCUT2D eigenvalue weighted by molar-refractivity contribution is 0.520. The molecule has 1 aromatic heterocycles. The van der Waals surface area contributed by atoms with Crippen molar-refractivity contribution >= 4 is 6.01 Å². The van der Waals surface area contributed by atoms with E-state index in [1.54, 1.807) is 0 Å². The van der Waals surface area contributed by atoms with Crippen molar-refractivity contribution in [1.82, 2.24) is 4.98 Å². The number of nitrogen functional groups attached to an aromatic ring is 1. The highest BCUT2D eigenvalue weighted by molar-refractivity contribution is 5.20. The van der Waals surface area contributed by atoms with Gasteiger partial charge in [0.25, 0.3) is 6.01 Å². The molecule has 0 fully saturated rings. The first-order valence-corrected chi connectivity index (χ1v) is 4.37. The van der Waals surface area contributed by atoms with Gasteiger partial charge >= 0.3 is 0 Å². The van der Waals surface area contributed by atoms with Crippen molar-refractivity contribution in [2.45, 2.75) is 33.6 Å². The second-order valence-electron chi connectivity index (χ2n) is 3.37. The summed E-state index contributed by atoms with van der Waals surface area (Å²) in [5.74, 6) is 1.53. The molecule has 1 rings (SSSR count). The van der Waals surface area contributed by atoms with E-state index in [0.29, 0.717) is 11.9 Å². The van der Waals surface area contributed by atoms with Gasteiger partial charge in [-0.25, -0.2) is 0 Å². The molecule has 68 valence electrons. The number of hydrogen-bond donors (Lipinski definition) is 1. The highest BCUT2D eigenvalue weighted by atomic mass is 16.4. The van der Waals surface area contributed by atoms with Crippen LogP contribution in [0, 0.1) is 5.92 Å². The maximum Gasteiger partial charge on any atom is 0.292 e. The van der Waals surface area contributed by atoms with Crippen molar-refractivity contribution in [2.75, 3.05) is 5.73 Å². The number of aryl methyl sites for hydroxylation is 1. The minimum atomic E-state index is 0.294. The molecule has 3 nitrogen and oxygen atoms in total. The Hall–Kier alpha value is -0.990. The van der Waals surface area contributed by atoms with Crippen molar-refractivity contribution in [3.63, 3.8) is 0 Å². The first kappa shape index (κ1) is 9.10. The zero-order valence-electron chi connectivity index (χ0n) is 7.92. The number of rotatable bonds is 3. The van der Waals surface area contributed by atoms with E-state index in [4.69, 9.17) is 10.2 Å². The van der Waals surface area contributed by atoms with Crippen molar-refractivity contribution in [3.05, 3.63) is 11.5 Å². The third kappa shape index (κ3) is 2.00. The molecule has 0 saturated carbocycles. The molecule has 0 aliphatic rings. The van der Waals surface area contributed by atoms with Crippen LogP contribution in [0.25, 0.3) is 0 Å². The number of aromatic nitrogens is 1. The minimum Gasteiger partial charge on any atom is -0.429 e. The summed E-state index contributed by atoms with van der Waals surface area (Å²) in [4.78, 5) is 4.13. The highest BCUT2D eigenvalue weighted by Gasteiger charge is 2.10. The minimum absolute atomic E-state index is 0.294. The van der Waals surface area contributed by atoms with Gasteiger partial charge in [-0.3, -0.25) is 0 Å². The van der Waals surface area contributed by atoms with Gasteiger partial charge in [0.1, 0.15) is 5.76 Å². The van der Waals surface area contributed by atoms with Crippen LogP contribution in [0.2, 0.25) is 0 Å². The molecule has 12 heavy (non-hydrogen) atoms. The first-order chi connectivity index (χ1) is 5.63. The van der Waals surface area contributed by atoms with E-state index < -0.39 is 0 Å². The van der Waals surface area contributed by atoms with Crippen LogP contribution in [0.4, 0.5) is 6.01 Å². The molecule has 0 aliphatic carbocycles. The van der Waals surface area contributed by atoms with Crippen LogP contribution >= 0.6 is 0 Å². The number of anilines is 1. The Balaban J connectivity index is 2.81. The van der Waals surface area contributed by atoms with Gasteiger partial charge in [0.15, 0.2) is 0 Å². The van der Waals surface area contributed by atoms with Crippen LogP contribution in [0.3, 0.4) is 0 Å². The fourth-order valence-electron chi connectivity index (χ4n) is 1.23. The molecule has 0 saturated heterocycles. The highest BCUT2D eigenvalue weighted by Crippen LogP contribution is 2.16. The average Bonchev–Trinajstić information content (AvgIpc) is 2.29. The lowest BCUT2D eigenvalue weighted by Crippen LogP contribution is -1.97. The monoisotopic (exact) mass is 168 g/mol. The van der Waals surface area contributed by atoms with Gasteiger partial charge in [-0.05, 0) is 12.3 Å². The molecule has 0 atom stereocenters. The maximum atomic E-state index is 5.45. The van der Waals surface area contributed by atoms with Crippen molar-refractivity contribution in [2.24, 2.45) is 5.92 Å². The second-order valence-corrected chi connectivity index (χ2v) is 3.37. The Morgan fingerprint density at radius 3 is 2.67 bits per heavy atom. The molecule has 2 N–H and O–H groups in total. The van der Waals surface area contributed by atoms with Crippen molar-refractivity contribution in [3.8, 4) is 0 Å². The number of nitrogens with zero attached hydrogens (tertiary/aromatic N) is 1. The smallest absolute Gasteiger partial charge is 0.292 e. The largest absolute Gasteiger partial charge is 0.429 e. The molecule has 0 aliphatic heterocycles. The SMILES string of the molecule is CCc1oc(N)nc1CC(C)C. The zero-order chi connectivity index (χ0) is 9.14. The number of nitrogens with two attached hydrogens (primary N) is 1. The van der Waals surface area contributed by atoms with Gasteiger partial charge in [0.2, 0.25) is 0 Å². The van der Waals surface area contributed by atoms with E-state index >= 15 is 0 Å². The zero-order valence-corrected chi connectivity index (χ0v) is 7.92. The summed E-state index contributed by atoms with van der Waals surface area (Å²) in [5, 5.41) is 0. The molecular formula is C9H16N2O. The van der Waals surface area contributed by atoms with E-state index in [2.05, 4.69) is 18.8 Å². The van der Waals surface area contributed by atoms with Gasteiger partial charge in [0, 0.05) is 6.42 Å². The first-order valence-electron chi connectivity index (χ1n) is 4.37. The van der Waals surface area contributed by atoms with Gasteiger partial charge in [-0.15, -0.1) is 0 Å². The van der Waals surface area contributed by atoms with Crippen LogP contribution in [0.1, 0.15) is 32.2 Å². The quantitative estimate of drug-likeness (QED) is 0.751. The van der Waals surface area contributed by atoms with Crippen LogP contribution < -0.4 is 5.73 Å². The molecule has 0 aromatic carbocycles. The van der Waals surface area contributed by atoms with Crippen LogP contribution in [0.15, 0.2) is 4.42 Å². The molecule has 3 heteroatoms. The van der Waals surface area contributed by atoms with E-state index in [1.165, 1.54) is 0 Å². The van der Waals surface area contributed by atoms with E-state index in [1.807, 2.05) is 6.92 Å². The van der Waals surface area contributed by atoms with E-state index in [-0.39, 0.29) is 0 Å². The van der Waals surface area contributed by atoms with Crippen LogP contribution in [-0.4, -0.2) is 4.98 Å². The summed E-state index contributed by atoms with van der Waals surface area (Å²) in [6.45, 7) is 6.36. The molecular weight excluding hydrogens is 152 g/mol. The van der Waals surface area contributed by atoms with Gasteiger partial charge < -0.3 is 10.2 Å². The molecule has 0 spiro atoms. The van der Waals surface area contributed by atoms with E-state index in [0.717, 1.165) is 24.3 Å². The Morgan fingerprint density at radius 1 is 1.50 bits per heavy atom. The Morgan fingerprint density at radius 2 is 2.17 bits per heavy atom. The normalized spacial score (nSPS) is 11.0. The summed E-state index contributed by atoms with van der Waals surface area (Å²) in [7, 11) is 0. The molecule has 0 radical (unpaired) electrons. The van der Waals surface area contributed by atoms with Crippen molar-refractivity contribution < 1.29 is 4.42 Å². The third-order valence-electron chi connectivity index (χ3n) is 1.72. The van der Waals surface area contributed by atoms with Gasteiger partial charge in [0.05, 0.1) is 5.69 Å². The predicted octanol–water partition coefficient (Wildman–Crippen LogP) is 2.02. The lowest BCUT2D eigenvalue weighted by Gasteiger charge is -2.00. The average molecular weight is 168 g/mol. The Kier molecular flexibility index (Phi) is 2.74. The molecule has 0 amide bonds. The summed E-state index contributed by atoms with van der Waals surface area (Å²) in [6, 6.07) is 0.294. The number of hydrogen-bond acceptors (Lipinski definition) is 3. The lowest BCUT2D eigenvalue weighted by atomic mass is 10.1. The fourth-order valence-corrected chi connectivity index (χ4v) is 1.23. The van der Waals surface area contributed by atoms with Crippen LogP contribution in [-0.2, 0) is 12.8 Å². The predicted molar refractivity (Wildman–Crippen MR) is 48.8 cm³/mol. The van der Waals surface area contributed by atoms with Gasteiger partial charge in [-0.1, -0.05) is 20.8 Å². The van der Waals surface area contributed by atoms with E-state index in [9.17, 15) is 0 Å². The third-order valence-corrected chi connectivity index (χ3v) is 1.72. The van der Waals surface area contributed by atoms with Crippen molar-refractivity contribution in [1.29, 1.82) is 0 Å². The Bertz CT molecular complexity index is 253. The standard InChI is InChI=1S/C9H16N2O/c1-4-8-7(5-6(2)3)11-9(10)12-8/h6H,4-5H2,1-3H3,(H2,10,11). The second kappa shape index (κ2) is 3.61. The maximum absolute atomic E-state index is 5.45. The summed E-state index contributed by atoms with van der Waals surface area (Å²) in [5.41, 5.74) is 6.47. The van der Waals surface area contributed by atoms with Crippen LogP contribution in [0.5, 0.6) is 0 Å². The topological polar surface area (TPSA) is 52.0 Å². The number of oxazole rings is 1. The molecule has 1 heterocycles. The molecule has 0 unspecified atom stereocenters. The fraction of sp³-hybridized carbons (Fsp3) is 0.667. The van der Waals surface area contributed by atoms with Gasteiger partial charge in [-0.2, -0.15) is 4.98 Å². The summed E-state index contributed by atoms with van der Waals surface area (Å²) < 4.78 is 5.23. The molecule has 1 aromatic rings.